The van der Waals surface area contributed by atoms with Gasteiger partial charge in [-0.2, -0.15) is 0 Å². The van der Waals surface area contributed by atoms with Crippen LogP contribution in [-0.2, 0) is 0 Å². The number of hydrogen-bond acceptors (Lipinski definition) is 3. The van der Waals surface area contributed by atoms with E-state index in [0.717, 1.165) is 30.0 Å². The normalized spacial score (nSPS) is 20.9. The zero-order valence-corrected chi connectivity index (χ0v) is 9.72. The first-order valence-corrected chi connectivity index (χ1v) is 6.13. The second-order valence-electron chi connectivity index (χ2n) is 4.07. The van der Waals surface area contributed by atoms with Crippen molar-refractivity contribution >= 4 is 17.2 Å². The van der Waals surface area contributed by atoms with Crippen molar-refractivity contribution in [1.82, 2.24) is 4.90 Å². The zero-order valence-electron chi connectivity index (χ0n) is 8.90. The lowest BCUT2D eigenvalue weighted by Gasteiger charge is -2.15. The number of amides is 1. The van der Waals surface area contributed by atoms with Gasteiger partial charge >= 0.3 is 0 Å². The number of nitrogens with zero attached hydrogens (tertiary/aromatic N) is 1. The minimum Gasteiger partial charge on any atom is -0.338 e. The molecular weight excluding hydrogens is 208 g/mol. The lowest BCUT2D eigenvalue weighted by molar-refractivity contribution is 0.0792. The van der Waals surface area contributed by atoms with Crippen LogP contribution < -0.4 is 5.73 Å². The summed E-state index contributed by atoms with van der Waals surface area (Å²) in [6.45, 7) is 4.36. The Hall–Kier alpha value is -0.870. The molecule has 82 valence electrons. The van der Waals surface area contributed by atoms with Gasteiger partial charge in [-0.1, -0.05) is 0 Å². The van der Waals surface area contributed by atoms with Gasteiger partial charge < -0.3 is 10.6 Å². The van der Waals surface area contributed by atoms with Crippen molar-refractivity contribution in [3.8, 4) is 0 Å². The predicted molar refractivity (Wildman–Crippen MR) is 62.1 cm³/mol. The van der Waals surface area contributed by atoms with Gasteiger partial charge in [0.15, 0.2) is 0 Å². The minimum absolute atomic E-state index is 0.179. The van der Waals surface area contributed by atoms with Crippen LogP contribution in [0.15, 0.2) is 11.4 Å². The molecule has 0 spiro atoms. The summed E-state index contributed by atoms with van der Waals surface area (Å²) in [5, 5.41) is 1.97. The summed E-state index contributed by atoms with van der Waals surface area (Å²) in [4.78, 5) is 14.9. The standard InChI is InChI=1S/C11H16N2OS/c1-8-3-5-15-10(8)11(14)13-4-2-9(6-12)7-13/h3,5,9H,2,4,6-7,12H2,1H3. The highest BCUT2D eigenvalue weighted by Gasteiger charge is 2.27. The fraction of sp³-hybridized carbons (Fsp3) is 0.545. The van der Waals surface area contributed by atoms with Crippen molar-refractivity contribution in [1.29, 1.82) is 0 Å². The van der Waals surface area contributed by atoms with Crippen LogP contribution in [0.5, 0.6) is 0 Å². The number of rotatable bonds is 2. The van der Waals surface area contributed by atoms with E-state index in [9.17, 15) is 4.79 Å². The maximum atomic E-state index is 12.1. The molecule has 1 fully saturated rings. The SMILES string of the molecule is Cc1ccsc1C(=O)N1CCC(CN)C1. The fourth-order valence-corrected chi connectivity index (χ4v) is 2.84. The van der Waals surface area contributed by atoms with Crippen molar-refractivity contribution in [3.05, 3.63) is 21.9 Å². The van der Waals surface area contributed by atoms with Crippen LogP contribution in [0.4, 0.5) is 0 Å². The van der Waals surface area contributed by atoms with Gasteiger partial charge in [0.2, 0.25) is 0 Å². The second-order valence-corrected chi connectivity index (χ2v) is 4.99. The molecule has 2 N–H and O–H groups in total. The highest BCUT2D eigenvalue weighted by molar-refractivity contribution is 7.12. The van der Waals surface area contributed by atoms with E-state index in [1.54, 1.807) is 0 Å². The molecule has 1 aromatic heterocycles. The molecule has 0 bridgehead atoms. The monoisotopic (exact) mass is 224 g/mol. The predicted octanol–water partition coefficient (Wildman–Crippen LogP) is 1.48. The Kier molecular flexibility index (Phi) is 3.07. The van der Waals surface area contributed by atoms with Gasteiger partial charge in [0.1, 0.15) is 0 Å². The van der Waals surface area contributed by atoms with Gasteiger partial charge in [0.05, 0.1) is 4.88 Å². The van der Waals surface area contributed by atoms with Crippen LogP contribution in [0.2, 0.25) is 0 Å². The lowest BCUT2D eigenvalue weighted by atomic mass is 10.1. The quantitative estimate of drug-likeness (QED) is 0.827. The highest BCUT2D eigenvalue weighted by Crippen LogP contribution is 2.22. The van der Waals surface area contributed by atoms with E-state index in [1.807, 2.05) is 23.3 Å². The fourth-order valence-electron chi connectivity index (χ4n) is 1.94. The summed E-state index contributed by atoms with van der Waals surface area (Å²) in [5.74, 6) is 0.674. The Morgan fingerprint density at radius 1 is 1.73 bits per heavy atom. The second kappa shape index (κ2) is 4.33. The van der Waals surface area contributed by atoms with Crippen molar-refractivity contribution in [3.63, 3.8) is 0 Å². The molecule has 3 nitrogen and oxygen atoms in total. The van der Waals surface area contributed by atoms with Gasteiger partial charge in [-0.3, -0.25) is 4.79 Å². The van der Waals surface area contributed by atoms with Crippen LogP contribution in [0.25, 0.3) is 0 Å². The topological polar surface area (TPSA) is 46.3 Å². The van der Waals surface area contributed by atoms with Gasteiger partial charge in [-0.05, 0) is 42.8 Å². The molecule has 1 aromatic rings. The molecule has 1 aliphatic rings. The Morgan fingerprint density at radius 3 is 3.07 bits per heavy atom. The molecule has 0 radical (unpaired) electrons. The van der Waals surface area contributed by atoms with Crippen LogP contribution in [0.1, 0.15) is 21.7 Å². The average Bonchev–Trinajstić information content (AvgIpc) is 2.84. The molecule has 1 unspecified atom stereocenters. The van der Waals surface area contributed by atoms with Gasteiger partial charge in [-0.25, -0.2) is 0 Å². The molecule has 2 rings (SSSR count). The molecule has 4 heteroatoms. The van der Waals surface area contributed by atoms with Crippen LogP contribution in [0.3, 0.4) is 0 Å². The first-order valence-electron chi connectivity index (χ1n) is 5.26. The molecule has 1 aliphatic heterocycles. The van der Waals surface area contributed by atoms with E-state index in [1.165, 1.54) is 11.3 Å². The smallest absolute Gasteiger partial charge is 0.264 e. The summed E-state index contributed by atoms with van der Waals surface area (Å²) >= 11 is 1.53. The first kappa shape index (κ1) is 10.6. The molecule has 15 heavy (non-hydrogen) atoms. The number of likely N-dealkylation sites (tertiary alicyclic amines) is 1. The van der Waals surface area contributed by atoms with E-state index < -0.39 is 0 Å². The summed E-state index contributed by atoms with van der Waals surface area (Å²) in [6, 6.07) is 1.99. The summed E-state index contributed by atoms with van der Waals surface area (Å²) in [6.07, 6.45) is 1.05. The van der Waals surface area contributed by atoms with Crippen molar-refractivity contribution in [2.24, 2.45) is 11.7 Å². The number of hydrogen-bond donors (Lipinski definition) is 1. The lowest BCUT2D eigenvalue weighted by Crippen LogP contribution is -2.29. The third-order valence-corrected chi connectivity index (χ3v) is 3.97. The minimum atomic E-state index is 0.179. The Labute approximate surface area is 93.9 Å². The molecule has 2 heterocycles. The van der Waals surface area contributed by atoms with E-state index in [0.29, 0.717) is 12.5 Å². The van der Waals surface area contributed by atoms with Crippen LogP contribution in [-0.4, -0.2) is 30.4 Å². The average molecular weight is 224 g/mol. The molecular formula is C11H16N2OS. The number of nitrogens with two attached hydrogens (primary N) is 1. The highest BCUT2D eigenvalue weighted by atomic mass is 32.1. The Morgan fingerprint density at radius 2 is 2.53 bits per heavy atom. The van der Waals surface area contributed by atoms with E-state index >= 15 is 0 Å². The molecule has 1 saturated heterocycles. The molecule has 0 aromatic carbocycles. The summed E-state index contributed by atoms with van der Waals surface area (Å²) < 4.78 is 0. The first-order chi connectivity index (χ1) is 7.22. The summed E-state index contributed by atoms with van der Waals surface area (Å²) in [7, 11) is 0. The Balaban J connectivity index is 2.07. The third kappa shape index (κ3) is 2.06. The van der Waals surface area contributed by atoms with E-state index in [4.69, 9.17) is 5.73 Å². The van der Waals surface area contributed by atoms with Gasteiger partial charge in [-0.15, -0.1) is 11.3 Å². The number of aryl methyl sites for hydroxylation is 1. The molecule has 0 aliphatic carbocycles. The molecule has 1 atom stereocenters. The van der Waals surface area contributed by atoms with Crippen LogP contribution >= 0.6 is 11.3 Å². The van der Waals surface area contributed by atoms with Gasteiger partial charge in [0.25, 0.3) is 5.91 Å². The van der Waals surface area contributed by atoms with Gasteiger partial charge in [0, 0.05) is 13.1 Å². The maximum Gasteiger partial charge on any atom is 0.264 e. The summed E-state index contributed by atoms with van der Waals surface area (Å²) in [5.41, 5.74) is 6.69. The number of thiophene rings is 1. The zero-order chi connectivity index (χ0) is 10.8. The number of carbonyl (C=O) groups is 1. The van der Waals surface area contributed by atoms with Crippen molar-refractivity contribution in [2.45, 2.75) is 13.3 Å². The van der Waals surface area contributed by atoms with E-state index in [-0.39, 0.29) is 5.91 Å². The molecule has 0 saturated carbocycles. The third-order valence-electron chi connectivity index (χ3n) is 2.96. The maximum absolute atomic E-state index is 12.1. The van der Waals surface area contributed by atoms with E-state index in [2.05, 4.69) is 0 Å². The largest absolute Gasteiger partial charge is 0.338 e. The van der Waals surface area contributed by atoms with Crippen molar-refractivity contribution < 1.29 is 4.79 Å². The Bertz CT molecular complexity index is 361. The number of carbonyl (C=O) groups excluding carboxylic acids is 1. The van der Waals surface area contributed by atoms with Crippen molar-refractivity contribution in [2.75, 3.05) is 19.6 Å². The molecule has 1 amide bonds. The van der Waals surface area contributed by atoms with Crippen LogP contribution in [0, 0.1) is 12.8 Å².